The van der Waals surface area contributed by atoms with Crippen LogP contribution in [0.25, 0.3) is 5.78 Å². The lowest BCUT2D eigenvalue weighted by molar-refractivity contribution is -0.113. The highest BCUT2D eigenvalue weighted by atomic mass is 32.2. The van der Waals surface area contributed by atoms with Crippen LogP contribution < -0.4 is 16.0 Å². The summed E-state index contributed by atoms with van der Waals surface area (Å²) in [6.07, 6.45) is 0. The van der Waals surface area contributed by atoms with Crippen LogP contribution >= 0.6 is 11.8 Å². The predicted octanol–water partition coefficient (Wildman–Crippen LogP) is 2.29. The van der Waals surface area contributed by atoms with Crippen molar-refractivity contribution in [3.05, 3.63) is 29.8 Å². The maximum atomic E-state index is 12.4. The lowest BCUT2D eigenvalue weighted by atomic mass is 10.2. The molecule has 0 aliphatic heterocycles. The Morgan fingerprint density at radius 2 is 1.77 bits per heavy atom. The maximum absolute atomic E-state index is 12.4. The van der Waals surface area contributed by atoms with Crippen molar-refractivity contribution in [2.45, 2.75) is 25.9 Å². The zero-order valence-corrected chi connectivity index (χ0v) is 18.3. The van der Waals surface area contributed by atoms with Crippen LogP contribution in [0.15, 0.2) is 29.4 Å². The van der Waals surface area contributed by atoms with Crippen molar-refractivity contribution in [2.24, 2.45) is 0 Å². The molecular weight excluding hydrogens is 420 g/mol. The molecule has 1 amide bonds. The number of thioether (sulfide) groups is 1. The predicted molar refractivity (Wildman–Crippen MR) is 119 cm³/mol. The van der Waals surface area contributed by atoms with Crippen LogP contribution in [0.1, 0.15) is 31.1 Å². The van der Waals surface area contributed by atoms with Crippen LogP contribution in [-0.4, -0.2) is 61.9 Å². The molecule has 0 fully saturated rings. The SMILES string of the molecule is CCNc1nc(NCC)n2c(SCC(=O)Nc3ccc(C(=O)OCC)cc3)nnc2n1. The first-order valence-electron chi connectivity index (χ1n) is 9.86. The van der Waals surface area contributed by atoms with E-state index in [2.05, 4.69) is 36.1 Å². The summed E-state index contributed by atoms with van der Waals surface area (Å²) < 4.78 is 6.62. The quantitative estimate of drug-likeness (QED) is 0.316. The van der Waals surface area contributed by atoms with Crippen LogP contribution in [0.5, 0.6) is 0 Å². The van der Waals surface area contributed by atoms with Crippen LogP contribution in [0.4, 0.5) is 17.6 Å². The van der Waals surface area contributed by atoms with Gasteiger partial charge in [-0.3, -0.25) is 4.79 Å². The van der Waals surface area contributed by atoms with Gasteiger partial charge < -0.3 is 20.7 Å². The van der Waals surface area contributed by atoms with Gasteiger partial charge in [0, 0.05) is 18.8 Å². The van der Waals surface area contributed by atoms with Gasteiger partial charge in [-0.25, -0.2) is 9.20 Å². The summed E-state index contributed by atoms with van der Waals surface area (Å²) in [7, 11) is 0. The van der Waals surface area contributed by atoms with Gasteiger partial charge in [-0.1, -0.05) is 11.8 Å². The number of carbonyl (C=O) groups excluding carboxylic acids is 2. The van der Waals surface area contributed by atoms with Crippen molar-refractivity contribution in [1.29, 1.82) is 0 Å². The van der Waals surface area contributed by atoms with Crippen molar-refractivity contribution in [2.75, 3.05) is 41.4 Å². The second kappa shape index (κ2) is 10.6. The monoisotopic (exact) mass is 444 g/mol. The zero-order valence-electron chi connectivity index (χ0n) is 17.5. The summed E-state index contributed by atoms with van der Waals surface area (Å²) in [5.74, 6) is 0.886. The average Bonchev–Trinajstić information content (AvgIpc) is 3.16. The highest BCUT2D eigenvalue weighted by Crippen LogP contribution is 2.21. The second-order valence-corrected chi connectivity index (χ2v) is 7.13. The van der Waals surface area contributed by atoms with Crippen molar-refractivity contribution in [1.82, 2.24) is 24.6 Å². The number of fused-ring (bicyclic) bond motifs is 1. The van der Waals surface area contributed by atoms with Gasteiger partial charge in [0.1, 0.15) is 0 Å². The number of benzene rings is 1. The number of nitrogens with one attached hydrogen (secondary N) is 3. The van der Waals surface area contributed by atoms with E-state index in [9.17, 15) is 9.59 Å². The lowest BCUT2D eigenvalue weighted by Gasteiger charge is -2.10. The van der Waals surface area contributed by atoms with Crippen LogP contribution in [0.3, 0.4) is 0 Å². The lowest BCUT2D eigenvalue weighted by Crippen LogP contribution is -2.15. The molecule has 164 valence electrons. The molecule has 0 unspecified atom stereocenters. The molecule has 3 N–H and O–H groups in total. The number of hydrogen-bond donors (Lipinski definition) is 3. The van der Waals surface area contributed by atoms with E-state index in [4.69, 9.17) is 4.74 Å². The summed E-state index contributed by atoms with van der Waals surface area (Å²) >= 11 is 1.22. The van der Waals surface area contributed by atoms with E-state index in [0.717, 1.165) is 0 Å². The molecule has 0 saturated carbocycles. The van der Waals surface area contributed by atoms with Crippen molar-refractivity contribution in [3.63, 3.8) is 0 Å². The molecule has 2 aromatic heterocycles. The molecule has 2 heterocycles. The third-order valence-electron chi connectivity index (χ3n) is 3.93. The van der Waals surface area contributed by atoms with E-state index >= 15 is 0 Å². The van der Waals surface area contributed by atoms with E-state index in [1.165, 1.54) is 11.8 Å². The fraction of sp³-hybridized carbons (Fsp3) is 0.368. The van der Waals surface area contributed by atoms with Gasteiger partial charge in [0.05, 0.1) is 17.9 Å². The summed E-state index contributed by atoms with van der Waals surface area (Å²) in [6, 6.07) is 6.52. The Labute approximate surface area is 183 Å². The molecule has 0 radical (unpaired) electrons. The molecule has 31 heavy (non-hydrogen) atoms. The number of anilines is 3. The van der Waals surface area contributed by atoms with Crippen molar-refractivity contribution in [3.8, 4) is 0 Å². The molecule has 0 aliphatic rings. The van der Waals surface area contributed by atoms with Gasteiger partial charge in [0.15, 0.2) is 5.16 Å². The molecule has 0 saturated heterocycles. The minimum Gasteiger partial charge on any atom is -0.462 e. The Morgan fingerprint density at radius 3 is 2.45 bits per heavy atom. The van der Waals surface area contributed by atoms with Crippen LogP contribution in [0, 0.1) is 0 Å². The molecular formula is C19H24N8O3S. The summed E-state index contributed by atoms with van der Waals surface area (Å²) in [6.45, 7) is 7.30. The standard InChI is InChI=1S/C19H24N8O3S/c1-4-20-16-23-17(21-5-2)27-18(24-16)25-26-19(27)31-11-14(28)22-13-9-7-12(8-10-13)15(29)30-6-3/h7-10H,4-6,11H2,1-3H3,(H,22,28)(H2,20,21,23,24,25). The minimum atomic E-state index is -0.398. The number of carbonyl (C=O) groups is 2. The number of rotatable bonds is 10. The molecule has 11 nitrogen and oxygen atoms in total. The van der Waals surface area contributed by atoms with Gasteiger partial charge in [-0.15, -0.1) is 10.2 Å². The molecule has 12 heteroatoms. The first kappa shape index (κ1) is 22.3. The first-order valence-corrected chi connectivity index (χ1v) is 10.8. The van der Waals surface area contributed by atoms with Gasteiger partial charge in [0.2, 0.25) is 17.8 Å². The number of hydrogen-bond acceptors (Lipinski definition) is 10. The van der Waals surface area contributed by atoms with Gasteiger partial charge in [-0.2, -0.15) is 9.97 Å². The molecule has 0 spiro atoms. The molecule has 0 atom stereocenters. The Hall–Kier alpha value is -3.41. The maximum Gasteiger partial charge on any atom is 0.338 e. The van der Waals surface area contributed by atoms with Gasteiger partial charge >= 0.3 is 5.97 Å². The minimum absolute atomic E-state index is 0.112. The van der Waals surface area contributed by atoms with E-state index < -0.39 is 5.97 Å². The highest BCUT2D eigenvalue weighted by Gasteiger charge is 2.16. The Balaban J connectivity index is 1.66. The molecule has 3 rings (SSSR count). The Kier molecular flexibility index (Phi) is 7.60. The fourth-order valence-corrected chi connectivity index (χ4v) is 3.36. The van der Waals surface area contributed by atoms with E-state index in [1.807, 2.05) is 13.8 Å². The number of nitrogens with zero attached hydrogens (tertiary/aromatic N) is 5. The van der Waals surface area contributed by atoms with Crippen LogP contribution in [0.2, 0.25) is 0 Å². The number of amides is 1. The Bertz CT molecular complexity index is 1050. The fourth-order valence-electron chi connectivity index (χ4n) is 2.63. The molecule has 1 aromatic carbocycles. The largest absolute Gasteiger partial charge is 0.462 e. The van der Waals surface area contributed by atoms with Gasteiger partial charge in [0.25, 0.3) is 5.78 Å². The molecule has 3 aromatic rings. The zero-order chi connectivity index (χ0) is 22.2. The van der Waals surface area contributed by atoms with Crippen molar-refractivity contribution < 1.29 is 14.3 Å². The molecule has 0 aliphatic carbocycles. The Morgan fingerprint density at radius 1 is 1.03 bits per heavy atom. The smallest absolute Gasteiger partial charge is 0.338 e. The summed E-state index contributed by atoms with van der Waals surface area (Å²) in [5.41, 5.74) is 1.01. The summed E-state index contributed by atoms with van der Waals surface area (Å²) in [4.78, 5) is 32.9. The topological polar surface area (TPSA) is 135 Å². The average molecular weight is 445 g/mol. The molecule has 0 bridgehead atoms. The summed E-state index contributed by atoms with van der Waals surface area (Å²) in [5, 5.41) is 17.8. The van der Waals surface area contributed by atoms with Crippen molar-refractivity contribution >= 4 is 47.0 Å². The van der Waals surface area contributed by atoms with Crippen LogP contribution in [-0.2, 0) is 9.53 Å². The first-order chi connectivity index (χ1) is 15.0. The van der Waals surface area contributed by atoms with E-state index in [1.54, 1.807) is 35.6 Å². The number of aromatic nitrogens is 5. The highest BCUT2D eigenvalue weighted by molar-refractivity contribution is 7.99. The van der Waals surface area contributed by atoms with E-state index in [0.29, 0.717) is 53.8 Å². The number of ether oxygens (including phenoxy) is 1. The third-order valence-corrected chi connectivity index (χ3v) is 4.86. The third kappa shape index (κ3) is 5.60. The van der Waals surface area contributed by atoms with Gasteiger partial charge in [-0.05, 0) is 45.0 Å². The second-order valence-electron chi connectivity index (χ2n) is 6.18. The van der Waals surface area contributed by atoms with E-state index in [-0.39, 0.29) is 11.7 Å². The normalized spacial score (nSPS) is 10.7. The number of esters is 1.